The standard InChI is InChI=1S/C15H12BrNO3S/c1-21-13-5-3-2-4-10(13)14(18)17-12-7-6-9(15(19)20)8-11(12)16/h2-8H,1H3,(H,17,18)(H,19,20). The van der Waals surface area contributed by atoms with Crippen LogP contribution in [0.2, 0.25) is 0 Å². The number of hydrogen-bond donors (Lipinski definition) is 2. The van der Waals surface area contributed by atoms with Gasteiger partial charge in [-0.05, 0) is 52.5 Å². The normalized spacial score (nSPS) is 10.2. The van der Waals surface area contributed by atoms with Crippen molar-refractivity contribution in [3.05, 3.63) is 58.1 Å². The number of halogens is 1. The Morgan fingerprint density at radius 2 is 1.90 bits per heavy atom. The summed E-state index contributed by atoms with van der Waals surface area (Å²) in [5.41, 5.74) is 1.27. The zero-order valence-corrected chi connectivity index (χ0v) is 13.5. The van der Waals surface area contributed by atoms with Gasteiger partial charge in [0.2, 0.25) is 0 Å². The highest BCUT2D eigenvalue weighted by molar-refractivity contribution is 9.10. The van der Waals surface area contributed by atoms with Gasteiger partial charge in [0, 0.05) is 9.37 Å². The molecule has 0 unspecified atom stereocenters. The topological polar surface area (TPSA) is 66.4 Å². The number of thioether (sulfide) groups is 1. The Morgan fingerprint density at radius 1 is 1.19 bits per heavy atom. The number of aromatic carboxylic acids is 1. The van der Waals surface area contributed by atoms with E-state index in [2.05, 4.69) is 21.2 Å². The monoisotopic (exact) mass is 365 g/mol. The molecule has 0 heterocycles. The van der Waals surface area contributed by atoms with Gasteiger partial charge in [-0.3, -0.25) is 4.79 Å². The van der Waals surface area contributed by atoms with Crippen molar-refractivity contribution in [1.29, 1.82) is 0 Å². The van der Waals surface area contributed by atoms with Gasteiger partial charge in [0.05, 0.1) is 16.8 Å². The highest BCUT2D eigenvalue weighted by Gasteiger charge is 2.13. The van der Waals surface area contributed by atoms with Crippen LogP contribution in [0.5, 0.6) is 0 Å². The number of nitrogens with one attached hydrogen (secondary N) is 1. The first-order chi connectivity index (χ1) is 10.0. The van der Waals surface area contributed by atoms with Crippen molar-refractivity contribution >= 4 is 45.3 Å². The molecule has 2 aromatic rings. The fourth-order valence-electron chi connectivity index (χ4n) is 1.77. The molecule has 0 aromatic heterocycles. The Labute approximate surface area is 134 Å². The number of amides is 1. The molecule has 0 saturated heterocycles. The quantitative estimate of drug-likeness (QED) is 0.799. The molecule has 2 aromatic carbocycles. The molecule has 0 fully saturated rings. The van der Waals surface area contributed by atoms with Crippen LogP contribution in [0.25, 0.3) is 0 Å². The van der Waals surface area contributed by atoms with Crippen LogP contribution in [0, 0.1) is 0 Å². The second-order valence-corrected chi connectivity index (χ2v) is 5.86. The van der Waals surface area contributed by atoms with E-state index in [4.69, 9.17) is 5.11 Å². The lowest BCUT2D eigenvalue weighted by Gasteiger charge is -2.10. The Kier molecular flexibility index (Phi) is 5.03. The second-order valence-electron chi connectivity index (χ2n) is 4.15. The fourth-order valence-corrected chi connectivity index (χ4v) is 2.84. The molecule has 0 aliphatic rings. The first-order valence-corrected chi connectivity index (χ1v) is 8.02. The van der Waals surface area contributed by atoms with E-state index in [1.165, 1.54) is 23.9 Å². The largest absolute Gasteiger partial charge is 0.478 e. The van der Waals surface area contributed by atoms with Crippen LogP contribution in [0.1, 0.15) is 20.7 Å². The average Bonchev–Trinajstić information content (AvgIpc) is 2.48. The summed E-state index contributed by atoms with van der Waals surface area (Å²) >= 11 is 4.76. The number of rotatable bonds is 4. The predicted molar refractivity (Wildman–Crippen MR) is 87.3 cm³/mol. The van der Waals surface area contributed by atoms with E-state index in [0.717, 1.165) is 4.90 Å². The van der Waals surface area contributed by atoms with Gasteiger partial charge in [-0.2, -0.15) is 0 Å². The van der Waals surface area contributed by atoms with E-state index in [0.29, 0.717) is 15.7 Å². The number of anilines is 1. The molecule has 108 valence electrons. The minimum Gasteiger partial charge on any atom is -0.478 e. The van der Waals surface area contributed by atoms with Crippen molar-refractivity contribution in [2.24, 2.45) is 0 Å². The van der Waals surface area contributed by atoms with Gasteiger partial charge in [0.25, 0.3) is 5.91 Å². The SMILES string of the molecule is CSc1ccccc1C(=O)Nc1ccc(C(=O)O)cc1Br. The van der Waals surface area contributed by atoms with Crippen LogP contribution in [0.4, 0.5) is 5.69 Å². The van der Waals surface area contributed by atoms with Crippen molar-refractivity contribution in [3.8, 4) is 0 Å². The molecular formula is C15H12BrNO3S. The Bertz CT molecular complexity index is 703. The molecule has 0 saturated carbocycles. The van der Waals surface area contributed by atoms with Gasteiger partial charge in [-0.15, -0.1) is 11.8 Å². The summed E-state index contributed by atoms with van der Waals surface area (Å²) in [6, 6.07) is 11.8. The third-order valence-corrected chi connectivity index (χ3v) is 4.27. The van der Waals surface area contributed by atoms with E-state index in [1.807, 2.05) is 18.4 Å². The first kappa shape index (κ1) is 15.6. The molecule has 0 aliphatic carbocycles. The number of hydrogen-bond acceptors (Lipinski definition) is 3. The molecule has 0 bridgehead atoms. The van der Waals surface area contributed by atoms with Crippen molar-refractivity contribution in [2.75, 3.05) is 11.6 Å². The lowest BCUT2D eigenvalue weighted by molar-refractivity contribution is 0.0696. The van der Waals surface area contributed by atoms with Gasteiger partial charge >= 0.3 is 5.97 Å². The lowest BCUT2D eigenvalue weighted by Crippen LogP contribution is -2.13. The van der Waals surface area contributed by atoms with Crippen LogP contribution in [0.15, 0.2) is 51.8 Å². The summed E-state index contributed by atoms with van der Waals surface area (Å²) in [6.07, 6.45) is 1.91. The smallest absolute Gasteiger partial charge is 0.335 e. The number of benzene rings is 2. The van der Waals surface area contributed by atoms with Crippen LogP contribution >= 0.6 is 27.7 Å². The van der Waals surface area contributed by atoms with E-state index in [9.17, 15) is 9.59 Å². The highest BCUT2D eigenvalue weighted by Crippen LogP contribution is 2.26. The highest BCUT2D eigenvalue weighted by atomic mass is 79.9. The number of carboxylic acid groups (broad SMARTS) is 1. The Hall–Kier alpha value is -1.79. The molecule has 0 atom stereocenters. The number of carboxylic acids is 1. The average molecular weight is 366 g/mol. The molecule has 6 heteroatoms. The van der Waals surface area contributed by atoms with Crippen LogP contribution in [0.3, 0.4) is 0 Å². The maximum absolute atomic E-state index is 12.3. The van der Waals surface area contributed by atoms with Crippen molar-refractivity contribution in [1.82, 2.24) is 0 Å². The van der Waals surface area contributed by atoms with Gasteiger partial charge < -0.3 is 10.4 Å². The molecule has 0 aliphatic heterocycles. The summed E-state index contributed by atoms with van der Waals surface area (Å²) in [5.74, 6) is -1.25. The molecule has 1 amide bonds. The molecular weight excluding hydrogens is 354 g/mol. The maximum atomic E-state index is 12.3. The van der Waals surface area contributed by atoms with Crippen molar-refractivity contribution in [2.45, 2.75) is 4.90 Å². The molecule has 4 nitrogen and oxygen atoms in total. The molecule has 2 rings (SSSR count). The summed E-state index contributed by atoms with van der Waals surface area (Å²) in [6.45, 7) is 0. The summed E-state index contributed by atoms with van der Waals surface area (Å²) in [7, 11) is 0. The van der Waals surface area contributed by atoms with E-state index in [-0.39, 0.29) is 11.5 Å². The van der Waals surface area contributed by atoms with Crippen molar-refractivity contribution < 1.29 is 14.7 Å². The van der Waals surface area contributed by atoms with Crippen LogP contribution in [-0.2, 0) is 0 Å². The zero-order valence-electron chi connectivity index (χ0n) is 11.1. The third kappa shape index (κ3) is 3.65. The van der Waals surface area contributed by atoms with Crippen LogP contribution < -0.4 is 5.32 Å². The number of carbonyl (C=O) groups excluding carboxylic acids is 1. The fraction of sp³-hybridized carbons (Fsp3) is 0.0667. The Balaban J connectivity index is 2.26. The van der Waals surface area contributed by atoms with E-state index < -0.39 is 5.97 Å². The van der Waals surface area contributed by atoms with Crippen LogP contribution in [-0.4, -0.2) is 23.2 Å². The summed E-state index contributed by atoms with van der Waals surface area (Å²) < 4.78 is 0.525. The molecule has 0 radical (unpaired) electrons. The Morgan fingerprint density at radius 3 is 2.52 bits per heavy atom. The minimum atomic E-state index is -1.01. The minimum absolute atomic E-state index is 0.157. The van der Waals surface area contributed by atoms with Gasteiger partial charge in [-0.1, -0.05) is 12.1 Å². The molecule has 0 spiro atoms. The van der Waals surface area contributed by atoms with Gasteiger partial charge in [0.1, 0.15) is 0 Å². The second kappa shape index (κ2) is 6.78. The molecule has 2 N–H and O–H groups in total. The summed E-state index contributed by atoms with van der Waals surface area (Å²) in [4.78, 5) is 24.1. The molecule has 21 heavy (non-hydrogen) atoms. The lowest BCUT2D eigenvalue weighted by atomic mass is 10.2. The van der Waals surface area contributed by atoms with E-state index >= 15 is 0 Å². The van der Waals surface area contributed by atoms with Gasteiger partial charge in [0.15, 0.2) is 0 Å². The maximum Gasteiger partial charge on any atom is 0.335 e. The predicted octanol–water partition coefficient (Wildman–Crippen LogP) is 4.12. The third-order valence-electron chi connectivity index (χ3n) is 2.82. The van der Waals surface area contributed by atoms with E-state index in [1.54, 1.807) is 18.2 Å². The summed E-state index contributed by atoms with van der Waals surface area (Å²) in [5, 5.41) is 11.7. The number of carbonyl (C=O) groups is 2. The zero-order chi connectivity index (χ0) is 15.4. The van der Waals surface area contributed by atoms with Crippen molar-refractivity contribution in [3.63, 3.8) is 0 Å². The first-order valence-electron chi connectivity index (χ1n) is 6.00. The van der Waals surface area contributed by atoms with Gasteiger partial charge in [-0.25, -0.2) is 4.79 Å².